The van der Waals surface area contributed by atoms with Crippen molar-refractivity contribution in [2.75, 3.05) is 5.32 Å². The monoisotopic (exact) mass is 351 g/mol. The summed E-state index contributed by atoms with van der Waals surface area (Å²) in [4.78, 5) is 10.3. The summed E-state index contributed by atoms with van der Waals surface area (Å²) < 4.78 is 40.0. The lowest BCUT2D eigenvalue weighted by molar-refractivity contribution is -0.384. The zero-order valence-electron chi connectivity index (χ0n) is 12.9. The first kappa shape index (κ1) is 16.7. The van der Waals surface area contributed by atoms with Crippen LogP contribution in [-0.2, 0) is 6.18 Å². The number of alkyl halides is 3. The number of anilines is 1. The quantitative estimate of drug-likeness (QED) is 0.570. The molecule has 2 heterocycles. The molecule has 0 saturated heterocycles. The molecule has 130 valence electrons. The molecular formula is C15H12F3N5O2. The minimum atomic E-state index is -4.65. The lowest BCUT2D eigenvalue weighted by Crippen LogP contribution is -2.13. The molecule has 3 rings (SSSR count). The van der Waals surface area contributed by atoms with Gasteiger partial charge >= 0.3 is 6.18 Å². The highest BCUT2D eigenvalue weighted by Gasteiger charge is 2.33. The van der Waals surface area contributed by atoms with Crippen LogP contribution >= 0.6 is 0 Å². The maximum Gasteiger partial charge on any atom is 0.416 e. The molecule has 10 heteroatoms. The van der Waals surface area contributed by atoms with E-state index in [4.69, 9.17) is 0 Å². The smallest absolute Gasteiger partial charge is 0.370 e. The van der Waals surface area contributed by atoms with Gasteiger partial charge in [-0.15, -0.1) is 10.2 Å². The molecule has 2 aromatic heterocycles. The van der Waals surface area contributed by atoms with Gasteiger partial charge in [0, 0.05) is 12.3 Å². The minimum Gasteiger partial charge on any atom is -0.370 e. The van der Waals surface area contributed by atoms with Crippen LogP contribution in [0.15, 0.2) is 42.6 Å². The number of halogens is 3. The number of aromatic nitrogens is 3. The van der Waals surface area contributed by atoms with Gasteiger partial charge in [-0.2, -0.15) is 13.2 Å². The van der Waals surface area contributed by atoms with Crippen molar-refractivity contribution in [3.8, 4) is 0 Å². The number of benzene rings is 1. The third-order valence-electron chi connectivity index (χ3n) is 3.62. The largest absolute Gasteiger partial charge is 0.416 e. The van der Waals surface area contributed by atoms with Crippen molar-refractivity contribution in [1.82, 2.24) is 14.6 Å². The number of nitrogens with zero attached hydrogens (tertiary/aromatic N) is 4. The molecule has 0 fully saturated rings. The fraction of sp³-hybridized carbons (Fsp3) is 0.200. The van der Waals surface area contributed by atoms with E-state index in [-0.39, 0.29) is 5.69 Å². The molecule has 1 N–H and O–H groups in total. The van der Waals surface area contributed by atoms with Gasteiger partial charge in [-0.05, 0) is 31.2 Å². The van der Waals surface area contributed by atoms with Crippen LogP contribution in [0.3, 0.4) is 0 Å². The first-order valence-corrected chi connectivity index (χ1v) is 7.19. The van der Waals surface area contributed by atoms with E-state index in [2.05, 4.69) is 15.5 Å². The van der Waals surface area contributed by atoms with Gasteiger partial charge in [0.2, 0.25) is 0 Å². The molecule has 1 atom stereocenters. The van der Waals surface area contributed by atoms with Gasteiger partial charge in [-0.25, -0.2) is 0 Å². The normalized spacial score (nSPS) is 13.0. The molecule has 7 nitrogen and oxygen atoms in total. The minimum absolute atomic E-state index is 0.0295. The Labute approximate surface area is 139 Å². The Hall–Kier alpha value is -3.17. The lowest BCUT2D eigenvalue weighted by atomic mass is 10.1. The summed E-state index contributed by atoms with van der Waals surface area (Å²) in [5, 5.41) is 22.0. The number of rotatable bonds is 4. The van der Waals surface area contributed by atoms with Crippen LogP contribution in [0.1, 0.15) is 24.4 Å². The number of nitro groups is 1. The highest BCUT2D eigenvalue weighted by molar-refractivity contribution is 5.63. The molecule has 25 heavy (non-hydrogen) atoms. The molecule has 0 aliphatic heterocycles. The van der Waals surface area contributed by atoms with Crippen molar-refractivity contribution in [1.29, 1.82) is 0 Å². The van der Waals surface area contributed by atoms with Crippen molar-refractivity contribution in [2.45, 2.75) is 19.1 Å². The van der Waals surface area contributed by atoms with Crippen LogP contribution in [0.5, 0.6) is 0 Å². The van der Waals surface area contributed by atoms with E-state index < -0.39 is 28.4 Å². The van der Waals surface area contributed by atoms with E-state index >= 15 is 0 Å². The fourth-order valence-electron chi connectivity index (χ4n) is 2.43. The van der Waals surface area contributed by atoms with Crippen LogP contribution in [0.4, 0.5) is 24.5 Å². The molecule has 1 aromatic carbocycles. The number of hydrogen-bond donors (Lipinski definition) is 1. The zero-order chi connectivity index (χ0) is 18.2. The van der Waals surface area contributed by atoms with E-state index in [9.17, 15) is 23.3 Å². The number of hydrogen-bond acceptors (Lipinski definition) is 5. The van der Waals surface area contributed by atoms with E-state index in [1.54, 1.807) is 35.7 Å². The summed E-state index contributed by atoms with van der Waals surface area (Å²) in [6.45, 7) is 1.69. The average molecular weight is 351 g/mol. The number of nitrogens with one attached hydrogen (secondary N) is 1. The molecule has 0 aliphatic carbocycles. The lowest BCUT2D eigenvalue weighted by Gasteiger charge is -2.15. The number of nitro benzene ring substituents is 1. The van der Waals surface area contributed by atoms with Gasteiger partial charge in [0.05, 0.1) is 16.5 Å². The molecule has 3 aromatic rings. The summed E-state index contributed by atoms with van der Waals surface area (Å²) in [6.07, 6.45) is -2.93. The highest BCUT2D eigenvalue weighted by atomic mass is 19.4. The second-order valence-electron chi connectivity index (χ2n) is 5.34. The molecule has 0 radical (unpaired) electrons. The molecule has 0 spiro atoms. The Bertz CT molecular complexity index is 938. The Balaban J connectivity index is 1.95. The Kier molecular flexibility index (Phi) is 4.03. The van der Waals surface area contributed by atoms with Gasteiger partial charge < -0.3 is 5.32 Å². The van der Waals surface area contributed by atoms with Gasteiger partial charge in [0.15, 0.2) is 11.5 Å². The molecule has 0 saturated carbocycles. The Morgan fingerprint density at radius 2 is 2.00 bits per heavy atom. The van der Waals surface area contributed by atoms with Crippen molar-refractivity contribution >= 4 is 17.0 Å². The SMILES string of the molecule is C[C@H](Nc1ccc(C(F)(F)F)cc1[N+](=O)[O-])c1nnc2ccccn12. The summed E-state index contributed by atoms with van der Waals surface area (Å²) in [6, 6.07) is 7.12. The van der Waals surface area contributed by atoms with Crippen molar-refractivity contribution in [3.63, 3.8) is 0 Å². The summed E-state index contributed by atoms with van der Waals surface area (Å²) in [5.74, 6) is 0.477. The topological polar surface area (TPSA) is 85.4 Å². The Morgan fingerprint density at radius 3 is 2.68 bits per heavy atom. The molecule has 0 aliphatic rings. The van der Waals surface area contributed by atoms with Crippen LogP contribution in [0, 0.1) is 10.1 Å². The van der Waals surface area contributed by atoms with Gasteiger partial charge in [0.25, 0.3) is 5.69 Å². The van der Waals surface area contributed by atoms with Gasteiger partial charge in [0.1, 0.15) is 5.69 Å². The number of pyridine rings is 1. The molecule has 0 unspecified atom stereocenters. The maximum atomic E-state index is 12.8. The highest BCUT2D eigenvalue weighted by Crippen LogP contribution is 2.36. The first-order valence-electron chi connectivity index (χ1n) is 7.19. The van der Waals surface area contributed by atoms with Crippen LogP contribution in [0.25, 0.3) is 5.65 Å². The zero-order valence-corrected chi connectivity index (χ0v) is 12.9. The third-order valence-corrected chi connectivity index (χ3v) is 3.62. The summed E-state index contributed by atoms with van der Waals surface area (Å²) in [7, 11) is 0. The fourth-order valence-corrected chi connectivity index (χ4v) is 2.43. The van der Waals surface area contributed by atoms with Gasteiger partial charge in [-0.3, -0.25) is 14.5 Å². The van der Waals surface area contributed by atoms with Crippen LogP contribution in [0.2, 0.25) is 0 Å². The van der Waals surface area contributed by atoms with E-state index in [0.29, 0.717) is 17.5 Å². The Morgan fingerprint density at radius 1 is 1.24 bits per heavy atom. The standard InChI is InChI=1S/C15H12F3N5O2/c1-9(14-21-20-13-4-2-3-7-22(13)14)19-11-6-5-10(15(16,17)18)8-12(11)23(24)25/h2-9,19H,1H3/t9-/m0/s1. The van der Waals surface area contributed by atoms with Crippen molar-refractivity contribution in [2.24, 2.45) is 0 Å². The van der Waals surface area contributed by atoms with E-state index in [0.717, 1.165) is 12.1 Å². The van der Waals surface area contributed by atoms with Crippen LogP contribution in [-0.4, -0.2) is 19.5 Å². The predicted octanol–water partition coefficient (Wildman–Crippen LogP) is 3.83. The van der Waals surface area contributed by atoms with Gasteiger partial charge in [-0.1, -0.05) is 6.07 Å². The first-order chi connectivity index (χ1) is 11.8. The molecule has 0 bridgehead atoms. The van der Waals surface area contributed by atoms with E-state index in [1.165, 1.54) is 0 Å². The third kappa shape index (κ3) is 3.23. The molecule has 0 amide bonds. The average Bonchev–Trinajstić information content (AvgIpc) is 2.98. The second-order valence-corrected chi connectivity index (χ2v) is 5.34. The predicted molar refractivity (Wildman–Crippen MR) is 83.1 cm³/mol. The molecular weight excluding hydrogens is 339 g/mol. The summed E-state index contributed by atoms with van der Waals surface area (Å²) >= 11 is 0. The second kappa shape index (κ2) is 6.04. The number of fused-ring (bicyclic) bond motifs is 1. The maximum absolute atomic E-state index is 12.8. The van der Waals surface area contributed by atoms with Crippen LogP contribution < -0.4 is 5.32 Å². The van der Waals surface area contributed by atoms with Crippen molar-refractivity contribution < 1.29 is 18.1 Å². The van der Waals surface area contributed by atoms with Crippen molar-refractivity contribution in [3.05, 3.63) is 64.1 Å². The summed E-state index contributed by atoms with van der Waals surface area (Å²) in [5.41, 5.74) is -1.17. The van der Waals surface area contributed by atoms with E-state index in [1.807, 2.05) is 0 Å².